The second kappa shape index (κ2) is 12.2. The van der Waals surface area contributed by atoms with Gasteiger partial charge in [-0.3, -0.25) is 14.6 Å². The van der Waals surface area contributed by atoms with Crippen molar-refractivity contribution in [3.05, 3.63) is 60.4 Å². The second-order valence-corrected chi connectivity index (χ2v) is 8.43. The maximum Gasteiger partial charge on any atom is 0.249 e. The number of pyridine rings is 1. The number of carbonyl (C=O) groups is 2. The number of amides is 2. The van der Waals surface area contributed by atoms with Crippen LogP contribution in [-0.4, -0.2) is 41.6 Å². The summed E-state index contributed by atoms with van der Waals surface area (Å²) in [5.41, 5.74) is 3.80. The van der Waals surface area contributed by atoms with E-state index in [1.54, 1.807) is 25.5 Å². The fraction of sp³-hybridized carbons (Fsp3) is 0.458. The quantitative estimate of drug-likeness (QED) is 0.480. The fourth-order valence-corrected chi connectivity index (χ4v) is 3.63. The van der Waals surface area contributed by atoms with E-state index in [0.29, 0.717) is 31.0 Å². The van der Waals surface area contributed by atoms with Gasteiger partial charge in [-0.15, -0.1) is 0 Å². The Morgan fingerprint density at radius 1 is 1.10 bits per heavy atom. The number of benzene rings is 1. The third-order valence-electron chi connectivity index (χ3n) is 5.42. The van der Waals surface area contributed by atoms with E-state index in [4.69, 9.17) is 5.21 Å². The average Bonchev–Trinajstić information content (AvgIpc) is 2.77. The highest BCUT2D eigenvalue weighted by molar-refractivity contribution is 5.99. The maximum atomic E-state index is 13.4. The zero-order valence-corrected chi connectivity index (χ0v) is 18.8. The molecule has 0 saturated heterocycles. The van der Waals surface area contributed by atoms with Gasteiger partial charge in [0.15, 0.2) is 0 Å². The Morgan fingerprint density at radius 2 is 1.81 bits per heavy atom. The summed E-state index contributed by atoms with van der Waals surface area (Å²) in [6, 6.07) is 12.5. The van der Waals surface area contributed by atoms with E-state index in [0.717, 1.165) is 5.56 Å². The number of hydrogen-bond donors (Lipinski definition) is 3. The van der Waals surface area contributed by atoms with Crippen molar-refractivity contribution in [2.24, 2.45) is 17.8 Å². The van der Waals surface area contributed by atoms with Gasteiger partial charge in [-0.05, 0) is 36.0 Å². The van der Waals surface area contributed by atoms with Crippen LogP contribution in [0.1, 0.15) is 32.8 Å². The summed E-state index contributed by atoms with van der Waals surface area (Å²) in [5, 5.41) is 12.1. The number of rotatable bonds is 11. The number of hydrogen-bond acceptors (Lipinski definition) is 5. The van der Waals surface area contributed by atoms with Gasteiger partial charge in [0.25, 0.3) is 0 Å². The predicted molar refractivity (Wildman–Crippen MR) is 122 cm³/mol. The van der Waals surface area contributed by atoms with E-state index in [1.165, 1.54) is 4.90 Å². The average molecular weight is 427 g/mol. The highest BCUT2D eigenvalue weighted by Gasteiger charge is 2.31. The highest BCUT2D eigenvalue weighted by atomic mass is 16.5. The van der Waals surface area contributed by atoms with Crippen LogP contribution in [0.5, 0.6) is 0 Å². The largest absolute Gasteiger partial charge is 0.344 e. The van der Waals surface area contributed by atoms with Crippen LogP contribution in [0.15, 0.2) is 54.9 Å². The lowest BCUT2D eigenvalue weighted by Gasteiger charge is -2.29. The molecule has 1 aromatic heterocycles. The van der Waals surface area contributed by atoms with Crippen molar-refractivity contribution in [3.8, 4) is 0 Å². The summed E-state index contributed by atoms with van der Waals surface area (Å²) in [5.74, 6) is -0.490. The van der Waals surface area contributed by atoms with Gasteiger partial charge < -0.3 is 15.4 Å². The Balaban J connectivity index is 2.26. The number of anilines is 1. The first-order valence-corrected chi connectivity index (χ1v) is 10.7. The van der Waals surface area contributed by atoms with Crippen molar-refractivity contribution >= 4 is 17.5 Å². The van der Waals surface area contributed by atoms with E-state index < -0.39 is 6.04 Å². The van der Waals surface area contributed by atoms with Crippen LogP contribution in [0.4, 0.5) is 5.69 Å². The van der Waals surface area contributed by atoms with Crippen LogP contribution in [0.25, 0.3) is 0 Å². The Kier molecular flexibility index (Phi) is 9.62. The Labute approximate surface area is 184 Å². The lowest BCUT2D eigenvalue weighted by molar-refractivity contribution is -0.131. The van der Waals surface area contributed by atoms with Gasteiger partial charge in [-0.1, -0.05) is 51.1 Å². The summed E-state index contributed by atoms with van der Waals surface area (Å²) in [7, 11) is 1.69. The molecule has 1 heterocycles. The molecule has 0 bridgehead atoms. The number of nitrogens with zero attached hydrogens (tertiary/aromatic N) is 2. The Morgan fingerprint density at radius 3 is 2.39 bits per heavy atom. The number of aromatic nitrogens is 1. The van der Waals surface area contributed by atoms with E-state index in [1.807, 2.05) is 43.3 Å². The van der Waals surface area contributed by atoms with Crippen LogP contribution in [0.3, 0.4) is 0 Å². The second-order valence-electron chi connectivity index (χ2n) is 8.43. The number of nitrogens with one attached hydrogen (secondary N) is 2. The third-order valence-corrected chi connectivity index (χ3v) is 5.42. The van der Waals surface area contributed by atoms with Gasteiger partial charge in [-0.25, -0.2) is 5.48 Å². The first-order valence-electron chi connectivity index (χ1n) is 10.7. The van der Waals surface area contributed by atoms with Gasteiger partial charge in [0, 0.05) is 32.1 Å². The van der Waals surface area contributed by atoms with E-state index in [2.05, 4.69) is 29.6 Å². The van der Waals surface area contributed by atoms with Crippen molar-refractivity contribution in [3.63, 3.8) is 0 Å². The van der Waals surface area contributed by atoms with Gasteiger partial charge >= 0.3 is 0 Å². The molecule has 168 valence electrons. The monoisotopic (exact) mass is 426 g/mol. The molecule has 0 aliphatic rings. The van der Waals surface area contributed by atoms with Crippen LogP contribution >= 0.6 is 0 Å². The standard InChI is InChI=1S/C24H34N4O3/c1-17(2)13-21(18(3)15-26-31)23(29)27-22(14-19-9-6-5-7-10-19)24(30)28(4)20-11-8-12-25-16-20/h5-12,16-18,21-22,26,31H,13-15H2,1-4H3,(H,27,29)/t18-,21-,22+/m1/s1. The first kappa shape index (κ1) is 24.5. The van der Waals surface area contributed by atoms with E-state index in [-0.39, 0.29) is 23.7 Å². The molecule has 0 fully saturated rings. The number of likely N-dealkylation sites (N-methyl/N-ethyl adjacent to an activating group) is 1. The van der Waals surface area contributed by atoms with Crippen LogP contribution in [0, 0.1) is 17.8 Å². The van der Waals surface area contributed by atoms with Crippen LogP contribution < -0.4 is 15.7 Å². The predicted octanol–water partition coefficient (Wildman–Crippen LogP) is 3.05. The van der Waals surface area contributed by atoms with Crippen molar-refractivity contribution in [2.45, 2.75) is 39.7 Å². The summed E-state index contributed by atoms with van der Waals surface area (Å²) < 4.78 is 0. The molecule has 0 radical (unpaired) electrons. The molecule has 7 nitrogen and oxygen atoms in total. The fourth-order valence-electron chi connectivity index (χ4n) is 3.63. The maximum absolute atomic E-state index is 13.4. The molecule has 0 aliphatic heterocycles. The SMILES string of the molecule is CC(C)C[C@@H](C(=O)N[C@@H](Cc1ccccc1)C(=O)N(C)c1cccnc1)[C@H](C)CNO. The van der Waals surface area contributed by atoms with Gasteiger partial charge in [0.2, 0.25) is 11.8 Å². The highest BCUT2D eigenvalue weighted by Crippen LogP contribution is 2.22. The van der Waals surface area contributed by atoms with Crippen LogP contribution in [0.2, 0.25) is 0 Å². The zero-order valence-electron chi connectivity index (χ0n) is 18.8. The minimum atomic E-state index is -0.718. The Hall–Kier alpha value is -2.77. The van der Waals surface area contributed by atoms with Gasteiger partial charge in [0.1, 0.15) is 6.04 Å². The van der Waals surface area contributed by atoms with Crippen molar-refractivity contribution in [1.29, 1.82) is 0 Å². The molecule has 2 rings (SSSR count). The molecule has 31 heavy (non-hydrogen) atoms. The molecule has 3 atom stereocenters. The molecule has 1 aromatic carbocycles. The van der Waals surface area contributed by atoms with Gasteiger partial charge in [0.05, 0.1) is 11.9 Å². The lowest BCUT2D eigenvalue weighted by Crippen LogP contribution is -2.51. The number of carbonyl (C=O) groups excluding carboxylic acids is 2. The summed E-state index contributed by atoms with van der Waals surface area (Å²) >= 11 is 0. The lowest BCUT2D eigenvalue weighted by atomic mass is 9.85. The Bertz CT molecular complexity index is 814. The van der Waals surface area contributed by atoms with Crippen molar-refractivity contribution in [1.82, 2.24) is 15.8 Å². The summed E-state index contributed by atoms with van der Waals surface area (Å²) in [6.07, 6.45) is 4.32. The normalized spacial score (nSPS) is 14.0. The molecular formula is C24H34N4O3. The van der Waals surface area contributed by atoms with E-state index >= 15 is 0 Å². The van der Waals surface area contributed by atoms with E-state index in [9.17, 15) is 9.59 Å². The third kappa shape index (κ3) is 7.45. The molecule has 0 spiro atoms. The molecule has 7 heteroatoms. The smallest absolute Gasteiger partial charge is 0.249 e. The molecule has 3 N–H and O–H groups in total. The molecule has 2 aromatic rings. The minimum Gasteiger partial charge on any atom is -0.344 e. The van der Waals surface area contributed by atoms with Gasteiger partial charge in [-0.2, -0.15) is 0 Å². The summed E-state index contributed by atoms with van der Waals surface area (Å²) in [6.45, 7) is 6.34. The summed E-state index contributed by atoms with van der Waals surface area (Å²) in [4.78, 5) is 32.2. The zero-order chi connectivity index (χ0) is 22.8. The molecule has 2 amide bonds. The minimum absolute atomic E-state index is 0.0871. The molecular weight excluding hydrogens is 392 g/mol. The van der Waals surface area contributed by atoms with Crippen LogP contribution in [-0.2, 0) is 16.0 Å². The molecule has 0 unspecified atom stereocenters. The first-order chi connectivity index (χ1) is 14.8. The number of hydroxylamine groups is 1. The topological polar surface area (TPSA) is 94.6 Å². The van der Waals surface area contributed by atoms with Crippen molar-refractivity contribution in [2.75, 3.05) is 18.5 Å². The van der Waals surface area contributed by atoms with Crippen molar-refractivity contribution < 1.29 is 14.8 Å². The molecule has 0 aliphatic carbocycles. The molecule has 0 saturated carbocycles.